The molecule has 1 unspecified atom stereocenters. The lowest BCUT2D eigenvalue weighted by Crippen LogP contribution is -2.15. The maximum absolute atomic E-state index is 9.47. The van der Waals surface area contributed by atoms with E-state index < -0.39 is 0 Å². The Morgan fingerprint density at radius 1 is 1.21 bits per heavy atom. The third-order valence-corrected chi connectivity index (χ3v) is 4.90. The fourth-order valence-electron chi connectivity index (χ4n) is 3.36. The van der Waals surface area contributed by atoms with E-state index in [0.717, 1.165) is 5.92 Å². The highest BCUT2D eigenvalue weighted by Gasteiger charge is 2.59. The van der Waals surface area contributed by atoms with Gasteiger partial charge in [0.25, 0.3) is 0 Å². The Morgan fingerprint density at radius 3 is 2.21 bits per heavy atom. The summed E-state index contributed by atoms with van der Waals surface area (Å²) in [5, 5.41) is 9.47. The molecular formula is C13H24O. The minimum atomic E-state index is 0.301. The van der Waals surface area contributed by atoms with Crippen LogP contribution in [0.4, 0.5) is 0 Å². The molecule has 2 fully saturated rings. The number of hydrogen-bond acceptors (Lipinski definition) is 1. The van der Waals surface area contributed by atoms with E-state index in [1.54, 1.807) is 0 Å². The first-order valence-corrected chi connectivity index (χ1v) is 6.21. The molecule has 1 heteroatoms. The van der Waals surface area contributed by atoms with Gasteiger partial charge in [-0.3, -0.25) is 0 Å². The third-order valence-electron chi connectivity index (χ3n) is 4.90. The number of rotatable bonds is 4. The van der Waals surface area contributed by atoms with Crippen molar-refractivity contribution in [1.29, 1.82) is 0 Å². The van der Waals surface area contributed by atoms with Crippen LogP contribution in [-0.4, -0.2) is 11.7 Å². The van der Waals surface area contributed by atoms with Crippen LogP contribution in [0.15, 0.2) is 0 Å². The first-order chi connectivity index (χ1) is 6.60. The molecule has 0 heterocycles. The number of aliphatic hydroxyl groups is 1. The summed E-state index contributed by atoms with van der Waals surface area (Å²) >= 11 is 0. The molecule has 14 heavy (non-hydrogen) atoms. The van der Waals surface area contributed by atoms with Crippen molar-refractivity contribution in [3.8, 4) is 0 Å². The van der Waals surface area contributed by atoms with Gasteiger partial charge in [0.15, 0.2) is 0 Å². The summed E-state index contributed by atoms with van der Waals surface area (Å²) in [7, 11) is 0. The summed E-state index contributed by atoms with van der Waals surface area (Å²) in [4.78, 5) is 0. The van der Waals surface area contributed by atoms with Gasteiger partial charge >= 0.3 is 0 Å². The number of aliphatic hydroxyl groups excluding tert-OH is 1. The summed E-state index contributed by atoms with van der Waals surface area (Å²) in [5.41, 5.74) is 0.718. The van der Waals surface area contributed by atoms with Crippen molar-refractivity contribution in [2.75, 3.05) is 6.61 Å². The van der Waals surface area contributed by atoms with E-state index in [1.807, 2.05) is 0 Å². The van der Waals surface area contributed by atoms with Crippen LogP contribution in [0.1, 0.15) is 58.8 Å². The van der Waals surface area contributed by atoms with E-state index in [-0.39, 0.29) is 0 Å². The average Bonchev–Trinajstić information content (AvgIpc) is 2.56. The first kappa shape index (κ1) is 10.5. The molecule has 82 valence electrons. The summed E-state index contributed by atoms with van der Waals surface area (Å²) in [6.45, 7) is 5.02. The molecule has 0 aliphatic heterocycles. The second-order valence-electron chi connectivity index (χ2n) is 6.19. The Kier molecular flexibility index (Phi) is 2.63. The van der Waals surface area contributed by atoms with Gasteiger partial charge < -0.3 is 5.11 Å². The zero-order valence-electron chi connectivity index (χ0n) is 9.68. The standard InChI is InChI=1S/C13H24O/c1-12(2)9-13(12,10-14)8-7-11-5-3-4-6-11/h11,14H,3-10H2,1-2H3. The smallest absolute Gasteiger partial charge is 0.0492 e. The van der Waals surface area contributed by atoms with E-state index in [2.05, 4.69) is 13.8 Å². The molecule has 2 rings (SSSR count). The predicted octanol–water partition coefficient (Wildman–Crippen LogP) is 3.37. The van der Waals surface area contributed by atoms with Gasteiger partial charge in [0, 0.05) is 6.61 Å². The van der Waals surface area contributed by atoms with Crippen LogP contribution >= 0.6 is 0 Å². The van der Waals surface area contributed by atoms with E-state index >= 15 is 0 Å². The zero-order valence-corrected chi connectivity index (χ0v) is 9.68. The summed E-state index contributed by atoms with van der Waals surface area (Å²) < 4.78 is 0. The molecule has 0 aromatic heterocycles. The highest BCUT2D eigenvalue weighted by molar-refractivity contribution is 5.09. The molecule has 0 bridgehead atoms. The van der Waals surface area contributed by atoms with Gasteiger partial charge in [0.05, 0.1) is 0 Å². The van der Waals surface area contributed by atoms with Crippen molar-refractivity contribution in [3.63, 3.8) is 0 Å². The molecule has 2 aliphatic rings. The van der Waals surface area contributed by atoms with Gasteiger partial charge in [-0.15, -0.1) is 0 Å². The molecule has 2 saturated carbocycles. The van der Waals surface area contributed by atoms with Crippen LogP contribution < -0.4 is 0 Å². The maximum Gasteiger partial charge on any atom is 0.0492 e. The fraction of sp³-hybridized carbons (Fsp3) is 1.00. The second-order valence-corrected chi connectivity index (χ2v) is 6.19. The number of hydrogen-bond donors (Lipinski definition) is 1. The summed E-state index contributed by atoms with van der Waals surface area (Å²) in [6, 6.07) is 0. The van der Waals surface area contributed by atoms with Gasteiger partial charge in [0.2, 0.25) is 0 Å². The lowest BCUT2D eigenvalue weighted by atomic mass is 9.87. The van der Waals surface area contributed by atoms with Crippen LogP contribution in [0.5, 0.6) is 0 Å². The van der Waals surface area contributed by atoms with Crippen molar-refractivity contribution in [3.05, 3.63) is 0 Å². The van der Waals surface area contributed by atoms with Crippen LogP contribution in [0.3, 0.4) is 0 Å². The molecule has 0 radical (unpaired) electrons. The molecule has 1 N–H and O–H groups in total. The van der Waals surface area contributed by atoms with Crippen molar-refractivity contribution in [2.45, 2.75) is 58.8 Å². The minimum absolute atomic E-state index is 0.301. The van der Waals surface area contributed by atoms with Gasteiger partial charge in [-0.25, -0.2) is 0 Å². The monoisotopic (exact) mass is 196 g/mol. The molecule has 0 amide bonds. The molecule has 1 nitrogen and oxygen atoms in total. The topological polar surface area (TPSA) is 20.2 Å². The van der Waals surface area contributed by atoms with Gasteiger partial charge in [0.1, 0.15) is 0 Å². The zero-order chi connectivity index (χ0) is 10.2. The Hall–Kier alpha value is -0.0400. The molecular weight excluding hydrogens is 172 g/mol. The van der Waals surface area contributed by atoms with Crippen LogP contribution in [-0.2, 0) is 0 Å². The van der Waals surface area contributed by atoms with Crippen LogP contribution in [0, 0.1) is 16.7 Å². The third kappa shape index (κ3) is 1.71. The lowest BCUT2D eigenvalue weighted by molar-refractivity contribution is 0.163. The normalized spacial score (nSPS) is 36.2. The fourth-order valence-corrected chi connectivity index (χ4v) is 3.36. The van der Waals surface area contributed by atoms with E-state index in [1.165, 1.54) is 44.9 Å². The average molecular weight is 196 g/mol. The van der Waals surface area contributed by atoms with Crippen LogP contribution in [0.25, 0.3) is 0 Å². The largest absolute Gasteiger partial charge is 0.396 e. The highest BCUT2D eigenvalue weighted by atomic mass is 16.3. The first-order valence-electron chi connectivity index (χ1n) is 6.21. The summed E-state index contributed by atoms with van der Waals surface area (Å²) in [6.07, 6.45) is 9.65. The van der Waals surface area contributed by atoms with E-state index in [4.69, 9.17) is 0 Å². The quantitative estimate of drug-likeness (QED) is 0.731. The molecule has 1 atom stereocenters. The summed E-state index contributed by atoms with van der Waals surface area (Å²) in [5.74, 6) is 0.981. The van der Waals surface area contributed by atoms with E-state index in [0.29, 0.717) is 17.4 Å². The molecule has 0 saturated heterocycles. The molecule has 2 aliphatic carbocycles. The molecule has 0 aromatic rings. The van der Waals surface area contributed by atoms with Gasteiger partial charge in [-0.05, 0) is 36.0 Å². The predicted molar refractivity (Wildman–Crippen MR) is 59.1 cm³/mol. The highest BCUT2D eigenvalue weighted by Crippen LogP contribution is 2.66. The SMILES string of the molecule is CC1(C)CC1(CO)CCC1CCCC1. The molecule has 0 aromatic carbocycles. The molecule has 0 spiro atoms. The van der Waals surface area contributed by atoms with E-state index in [9.17, 15) is 5.11 Å². The van der Waals surface area contributed by atoms with Crippen LogP contribution in [0.2, 0.25) is 0 Å². The lowest BCUT2D eigenvalue weighted by Gasteiger charge is -2.19. The Morgan fingerprint density at radius 2 is 1.79 bits per heavy atom. The van der Waals surface area contributed by atoms with Crippen molar-refractivity contribution >= 4 is 0 Å². The second kappa shape index (κ2) is 3.52. The van der Waals surface area contributed by atoms with Gasteiger partial charge in [-0.1, -0.05) is 39.5 Å². The Labute approximate surface area is 87.9 Å². The Balaban J connectivity index is 1.79. The van der Waals surface area contributed by atoms with Gasteiger partial charge in [-0.2, -0.15) is 0 Å². The van der Waals surface area contributed by atoms with Crippen molar-refractivity contribution < 1.29 is 5.11 Å². The minimum Gasteiger partial charge on any atom is -0.396 e. The Bertz CT molecular complexity index is 203. The maximum atomic E-state index is 9.47. The van der Waals surface area contributed by atoms with Crippen molar-refractivity contribution in [1.82, 2.24) is 0 Å². The van der Waals surface area contributed by atoms with Crippen molar-refractivity contribution in [2.24, 2.45) is 16.7 Å².